The third kappa shape index (κ3) is 1.89. The Morgan fingerprint density at radius 3 is 2.67 bits per heavy atom. The van der Waals surface area contributed by atoms with Crippen LogP contribution in [0, 0.1) is 0 Å². The number of fused-ring (bicyclic) bond motifs is 1. The van der Waals surface area contributed by atoms with E-state index in [-0.39, 0.29) is 0 Å². The second kappa shape index (κ2) is 4.67. The fourth-order valence-electron chi connectivity index (χ4n) is 1.95. The number of aromatic nitrogens is 2. The van der Waals surface area contributed by atoms with Crippen molar-refractivity contribution in [2.75, 3.05) is 6.26 Å². The lowest BCUT2D eigenvalue weighted by molar-refractivity contribution is 1.19. The number of benzene rings is 1. The van der Waals surface area contributed by atoms with Crippen LogP contribution < -0.4 is 0 Å². The van der Waals surface area contributed by atoms with Crippen molar-refractivity contribution in [3.8, 4) is 11.3 Å². The molecule has 90 valence electrons. The molecule has 2 nitrogen and oxygen atoms in total. The molecule has 2 aromatic heterocycles. The largest absolute Gasteiger partial charge is 0.298 e. The smallest absolute Gasteiger partial charge is 0.156 e. The van der Waals surface area contributed by atoms with E-state index in [9.17, 15) is 0 Å². The fourth-order valence-corrected chi connectivity index (χ4v) is 2.57. The molecule has 3 aromatic rings. The zero-order valence-electron chi connectivity index (χ0n) is 9.80. The van der Waals surface area contributed by atoms with E-state index in [2.05, 4.69) is 35.5 Å². The summed E-state index contributed by atoms with van der Waals surface area (Å²) in [5, 5.41) is 0.671. The quantitative estimate of drug-likeness (QED) is 0.645. The first-order valence-electron chi connectivity index (χ1n) is 5.55. The van der Waals surface area contributed by atoms with Crippen LogP contribution in [-0.2, 0) is 0 Å². The average Bonchev–Trinajstić information content (AvgIpc) is 2.84. The molecule has 18 heavy (non-hydrogen) atoms. The zero-order chi connectivity index (χ0) is 12.5. The van der Waals surface area contributed by atoms with E-state index in [1.165, 1.54) is 4.90 Å². The summed E-state index contributed by atoms with van der Waals surface area (Å²) in [4.78, 5) is 5.62. The van der Waals surface area contributed by atoms with Crippen molar-refractivity contribution in [3.05, 3.63) is 53.8 Å². The summed E-state index contributed by atoms with van der Waals surface area (Å²) in [6, 6.07) is 12.2. The van der Waals surface area contributed by atoms with Crippen LogP contribution in [0.3, 0.4) is 0 Å². The van der Waals surface area contributed by atoms with Gasteiger partial charge in [-0.1, -0.05) is 23.7 Å². The number of hydrogen-bond donors (Lipinski definition) is 0. The van der Waals surface area contributed by atoms with Crippen LogP contribution in [0.1, 0.15) is 0 Å². The van der Waals surface area contributed by atoms with Gasteiger partial charge in [-0.15, -0.1) is 11.8 Å². The number of pyridine rings is 1. The summed E-state index contributed by atoms with van der Waals surface area (Å²) in [5.41, 5.74) is 2.99. The molecule has 0 unspecified atom stereocenters. The Morgan fingerprint density at radius 1 is 1.17 bits per heavy atom. The highest BCUT2D eigenvalue weighted by Crippen LogP contribution is 2.26. The Morgan fingerprint density at radius 2 is 1.94 bits per heavy atom. The second-order valence-corrected chi connectivity index (χ2v) is 5.21. The fraction of sp³-hybridized carbons (Fsp3) is 0.0714. The molecule has 0 saturated heterocycles. The van der Waals surface area contributed by atoms with Gasteiger partial charge in [0.1, 0.15) is 0 Å². The Kier molecular flexibility index (Phi) is 3.02. The molecule has 0 spiro atoms. The molecule has 0 aliphatic carbocycles. The van der Waals surface area contributed by atoms with Gasteiger partial charge in [0.05, 0.1) is 16.9 Å². The van der Waals surface area contributed by atoms with E-state index < -0.39 is 0 Å². The minimum Gasteiger partial charge on any atom is -0.298 e. The van der Waals surface area contributed by atoms with Gasteiger partial charge in [-0.25, -0.2) is 4.98 Å². The monoisotopic (exact) mass is 274 g/mol. The van der Waals surface area contributed by atoms with Crippen LogP contribution >= 0.6 is 23.4 Å². The van der Waals surface area contributed by atoms with Crippen molar-refractivity contribution < 1.29 is 0 Å². The van der Waals surface area contributed by atoms with E-state index in [0.717, 1.165) is 16.9 Å². The third-order valence-corrected chi connectivity index (χ3v) is 3.91. The van der Waals surface area contributed by atoms with Gasteiger partial charge >= 0.3 is 0 Å². The molecule has 0 amide bonds. The van der Waals surface area contributed by atoms with E-state index in [0.29, 0.717) is 5.02 Å². The number of halogens is 1. The van der Waals surface area contributed by atoms with E-state index >= 15 is 0 Å². The number of nitrogens with zero attached hydrogens (tertiary/aromatic N) is 2. The van der Waals surface area contributed by atoms with E-state index in [1.54, 1.807) is 11.8 Å². The maximum atomic E-state index is 6.12. The summed E-state index contributed by atoms with van der Waals surface area (Å²) in [6.07, 6.45) is 5.91. The highest BCUT2D eigenvalue weighted by atomic mass is 35.5. The van der Waals surface area contributed by atoms with E-state index in [4.69, 9.17) is 11.6 Å². The Bertz CT molecular complexity index is 689. The molecule has 1 aromatic carbocycles. The van der Waals surface area contributed by atoms with Gasteiger partial charge in [0, 0.05) is 16.7 Å². The first kappa shape index (κ1) is 11.6. The molecule has 0 saturated carbocycles. The van der Waals surface area contributed by atoms with Crippen LogP contribution in [0.2, 0.25) is 5.02 Å². The molecule has 2 heterocycles. The highest BCUT2D eigenvalue weighted by Gasteiger charge is 2.07. The van der Waals surface area contributed by atoms with Crippen molar-refractivity contribution in [2.24, 2.45) is 0 Å². The lowest BCUT2D eigenvalue weighted by Gasteiger charge is -2.03. The molecular formula is C14H11ClN2S. The molecule has 0 aliphatic rings. The number of thioether (sulfide) groups is 1. The predicted molar refractivity (Wildman–Crippen MR) is 77.4 cm³/mol. The van der Waals surface area contributed by atoms with Crippen LogP contribution in [0.4, 0.5) is 0 Å². The number of rotatable bonds is 2. The molecule has 0 radical (unpaired) electrons. The minimum atomic E-state index is 0.671. The lowest BCUT2D eigenvalue weighted by Crippen LogP contribution is -1.87. The molecule has 0 bridgehead atoms. The summed E-state index contributed by atoms with van der Waals surface area (Å²) in [6.45, 7) is 0. The van der Waals surface area contributed by atoms with Crippen LogP contribution in [0.15, 0.2) is 53.7 Å². The predicted octanol–water partition coefficient (Wildman–Crippen LogP) is 4.38. The van der Waals surface area contributed by atoms with Gasteiger partial charge in [-0.3, -0.25) is 4.40 Å². The molecule has 0 atom stereocenters. The van der Waals surface area contributed by atoms with Crippen molar-refractivity contribution in [1.82, 2.24) is 9.38 Å². The molecule has 0 aliphatic heterocycles. The number of imidazole rings is 1. The Balaban J connectivity index is 2.16. The summed E-state index contributed by atoms with van der Waals surface area (Å²) in [5.74, 6) is 0. The van der Waals surface area contributed by atoms with Gasteiger partial charge < -0.3 is 0 Å². The maximum Gasteiger partial charge on any atom is 0.156 e. The Hall–Kier alpha value is -1.45. The van der Waals surface area contributed by atoms with Crippen LogP contribution in [0.5, 0.6) is 0 Å². The SMILES string of the molecule is CSc1ccc(-c2cnc3c(Cl)cccn23)cc1. The van der Waals surface area contributed by atoms with Crippen molar-refractivity contribution in [3.63, 3.8) is 0 Å². The number of hydrogen-bond acceptors (Lipinski definition) is 2. The highest BCUT2D eigenvalue weighted by molar-refractivity contribution is 7.98. The zero-order valence-corrected chi connectivity index (χ0v) is 11.4. The Labute approximate surface area is 115 Å². The van der Waals surface area contributed by atoms with Crippen molar-refractivity contribution in [2.45, 2.75) is 4.90 Å². The summed E-state index contributed by atoms with van der Waals surface area (Å²) in [7, 11) is 0. The third-order valence-electron chi connectivity index (χ3n) is 2.87. The first-order chi connectivity index (χ1) is 8.79. The molecule has 3 rings (SSSR count). The van der Waals surface area contributed by atoms with Gasteiger partial charge in [0.25, 0.3) is 0 Å². The summed E-state index contributed by atoms with van der Waals surface area (Å²) < 4.78 is 2.01. The average molecular weight is 275 g/mol. The van der Waals surface area contributed by atoms with E-state index in [1.807, 2.05) is 28.9 Å². The molecule has 0 N–H and O–H groups in total. The molecular weight excluding hydrogens is 264 g/mol. The van der Waals surface area contributed by atoms with Crippen molar-refractivity contribution in [1.29, 1.82) is 0 Å². The second-order valence-electron chi connectivity index (χ2n) is 3.92. The van der Waals surface area contributed by atoms with Gasteiger partial charge in [-0.05, 0) is 30.5 Å². The van der Waals surface area contributed by atoms with Crippen molar-refractivity contribution >= 4 is 29.0 Å². The summed E-state index contributed by atoms with van der Waals surface area (Å²) >= 11 is 7.86. The first-order valence-corrected chi connectivity index (χ1v) is 7.16. The minimum absolute atomic E-state index is 0.671. The maximum absolute atomic E-state index is 6.12. The standard InChI is InChI=1S/C14H11ClN2S/c1-18-11-6-4-10(5-7-11)13-9-16-14-12(15)3-2-8-17(13)14/h2-9H,1H3. The van der Waals surface area contributed by atoms with Crippen LogP contribution in [0.25, 0.3) is 16.9 Å². The molecule has 0 fully saturated rings. The van der Waals surface area contributed by atoms with Gasteiger partial charge in [-0.2, -0.15) is 0 Å². The van der Waals surface area contributed by atoms with Crippen LogP contribution in [-0.4, -0.2) is 15.6 Å². The normalized spacial score (nSPS) is 11.0. The van der Waals surface area contributed by atoms with Gasteiger partial charge in [0.15, 0.2) is 5.65 Å². The lowest BCUT2D eigenvalue weighted by atomic mass is 10.2. The van der Waals surface area contributed by atoms with Gasteiger partial charge in [0.2, 0.25) is 0 Å². The topological polar surface area (TPSA) is 17.3 Å². The molecule has 4 heteroatoms.